The monoisotopic (exact) mass is 420 g/mol. The summed E-state index contributed by atoms with van der Waals surface area (Å²) in [6, 6.07) is 1.64. The molecule has 0 bridgehead atoms. The van der Waals surface area contributed by atoms with Gasteiger partial charge in [0.25, 0.3) is 0 Å². The van der Waals surface area contributed by atoms with Crippen LogP contribution in [0.15, 0.2) is 6.07 Å². The SMILES string of the molecule is Nc1cc(C(O)CO)c(I)c(N)c1I. The van der Waals surface area contributed by atoms with Crippen LogP contribution in [0, 0.1) is 7.14 Å². The lowest BCUT2D eigenvalue weighted by Gasteiger charge is -2.14. The summed E-state index contributed by atoms with van der Waals surface area (Å²) in [4.78, 5) is 0. The highest BCUT2D eigenvalue weighted by atomic mass is 127. The Bertz CT molecular complexity index is 358. The molecule has 0 spiro atoms. The molecule has 78 valence electrons. The molecule has 4 nitrogen and oxygen atoms in total. The molecule has 0 fully saturated rings. The summed E-state index contributed by atoms with van der Waals surface area (Å²) in [5.74, 6) is 0. The van der Waals surface area contributed by atoms with E-state index in [4.69, 9.17) is 16.6 Å². The molecule has 0 aromatic heterocycles. The van der Waals surface area contributed by atoms with Gasteiger partial charge in [-0.25, -0.2) is 0 Å². The molecular weight excluding hydrogens is 410 g/mol. The van der Waals surface area contributed by atoms with Crippen molar-refractivity contribution in [2.24, 2.45) is 0 Å². The van der Waals surface area contributed by atoms with Crippen molar-refractivity contribution in [1.29, 1.82) is 0 Å². The van der Waals surface area contributed by atoms with E-state index in [2.05, 4.69) is 0 Å². The molecule has 1 unspecified atom stereocenters. The van der Waals surface area contributed by atoms with Crippen LogP contribution in [0.1, 0.15) is 11.7 Å². The Morgan fingerprint density at radius 2 is 1.86 bits per heavy atom. The molecule has 14 heavy (non-hydrogen) atoms. The van der Waals surface area contributed by atoms with Gasteiger partial charge in [-0.15, -0.1) is 0 Å². The zero-order chi connectivity index (χ0) is 10.9. The van der Waals surface area contributed by atoms with Crippen molar-refractivity contribution in [3.05, 3.63) is 18.8 Å². The van der Waals surface area contributed by atoms with Crippen molar-refractivity contribution in [3.8, 4) is 0 Å². The van der Waals surface area contributed by atoms with Gasteiger partial charge in [-0.2, -0.15) is 0 Å². The Morgan fingerprint density at radius 1 is 1.29 bits per heavy atom. The lowest BCUT2D eigenvalue weighted by atomic mass is 10.1. The van der Waals surface area contributed by atoms with E-state index in [9.17, 15) is 5.11 Å². The van der Waals surface area contributed by atoms with Gasteiger partial charge in [0.1, 0.15) is 6.10 Å². The molecule has 1 aromatic carbocycles. The Kier molecular flexibility index (Phi) is 4.22. The summed E-state index contributed by atoms with van der Waals surface area (Å²) >= 11 is 4.08. The summed E-state index contributed by atoms with van der Waals surface area (Å²) in [6.07, 6.45) is -0.927. The minimum atomic E-state index is -0.927. The number of aliphatic hydroxyl groups is 2. The molecule has 0 aliphatic carbocycles. The summed E-state index contributed by atoms with van der Waals surface area (Å²) in [5.41, 5.74) is 13.1. The maximum Gasteiger partial charge on any atom is 0.103 e. The van der Waals surface area contributed by atoms with Crippen LogP contribution in [0.4, 0.5) is 11.4 Å². The molecule has 1 rings (SSSR count). The second kappa shape index (κ2) is 4.81. The molecule has 0 heterocycles. The quantitative estimate of drug-likeness (QED) is 0.426. The lowest BCUT2D eigenvalue weighted by molar-refractivity contribution is 0.0951. The second-order valence-electron chi connectivity index (χ2n) is 2.80. The lowest BCUT2D eigenvalue weighted by Crippen LogP contribution is -2.09. The number of aliphatic hydroxyl groups excluding tert-OH is 2. The molecule has 0 aliphatic rings. The topological polar surface area (TPSA) is 92.5 Å². The van der Waals surface area contributed by atoms with Crippen molar-refractivity contribution in [2.45, 2.75) is 6.10 Å². The first-order valence-electron chi connectivity index (χ1n) is 3.80. The third-order valence-electron chi connectivity index (χ3n) is 1.82. The molecular formula is C8H10I2N2O2. The first-order chi connectivity index (χ1) is 6.49. The molecule has 0 aliphatic heterocycles. The second-order valence-corrected chi connectivity index (χ2v) is 4.95. The zero-order valence-electron chi connectivity index (χ0n) is 7.17. The number of hydrogen-bond acceptors (Lipinski definition) is 4. The number of benzene rings is 1. The Labute approximate surface area is 109 Å². The molecule has 0 amide bonds. The first kappa shape index (κ1) is 12.3. The number of hydrogen-bond donors (Lipinski definition) is 4. The van der Waals surface area contributed by atoms with Gasteiger partial charge in [0.2, 0.25) is 0 Å². The Morgan fingerprint density at radius 3 is 2.36 bits per heavy atom. The first-order valence-corrected chi connectivity index (χ1v) is 5.96. The van der Waals surface area contributed by atoms with Crippen molar-refractivity contribution < 1.29 is 10.2 Å². The van der Waals surface area contributed by atoms with Crippen LogP contribution in [-0.4, -0.2) is 16.8 Å². The van der Waals surface area contributed by atoms with Crippen molar-refractivity contribution in [2.75, 3.05) is 18.1 Å². The molecule has 0 saturated heterocycles. The zero-order valence-corrected chi connectivity index (χ0v) is 11.5. The largest absolute Gasteiger partial charge is 0.398 e. The summed E-state index contributed by atoms with van der Waals surface area (Å²) in [7, 11) is 0. The average Bonchev–Trinajstić information content (AvgIpc) is 2.19. The van der Waals surface area contributed by atoms with Gasteiger partial charge in [0.05, 0.1) is 15.9 Å². The third-order valence-corrected chi connectivity index (χ3v) is 4.23. The maximum absolute atomic E-state index is 9.48. The van der Waals surface area contributed by atoms with Gasteiger partial charge in [-0.1, -0.05) is 0 Å². The number of rotatable bonds is 2. The molecule has 0 radical (unpaired) electrons. The van der Waals surface area contributed by atoms with E-state index in [0.717, 1.165) is 7.14 Å². The fourth-order valence-corrected chi connectivity index (χ4v) is 2.77. The van der Waals surface area contributed by atoms with E-state index in [-0.39, 0.29) is 6.61 Å². The molecule has 1 atom stereocenters. The summed E-state index contributed by atoms with van der Waals surface area (Å²) < 4.78 is 1.52. The smallest absolute Gasteiger partial charge is 0.103 e. The predicted molar refractivity (Wildman–Crippen MR) is 72.7 cm³/mol. The predicted octanol–water partition coefficient (Wildman–Crippen LogP) is 1.09. The van der Waals surface area contributed by atoms with E-state index in [1.54, 1.807) is 6.07 Å². The van der Waals surface area contributed by atoms with Gasteiger partial charge < -0.3 is 21.7 Å². The van der Waals surface area contributed by atoms with E-state index in [0.29, 0.717) is 16.9 Å². The Balaban J connectivity index is 3.33. The fourth-order valence-electron chi connectivity index (χ4n) is 1.04. The maximum atomic E-state index is 9.48. The van der Waals surface area contributed by atoms with Gasteiger partial charge in [0.15, 0.2) is 0 Å². The molecule has 6 heteroatoms. The van der Waals surface area contributed by atoms with Crippen LogP contribution in [0.3, 0.4) is 0 Å². The van der Waals surface area contributed by atoms with Crippen LogP contribution in [0.25, 0.3) is 0 Å². The van der Waals surface area contributed by atoms with Gasteiger partial charge in [0, 0.05) is 14.8 Å². The van der Waals surface area contributed by atoms with Crippen LogP contribution in [-0.2, 0) is 0 Å². The average molecular weight is 420 g/mol. The van der Waals surface area contributed by atoms with E-state index in [1.165, 1.54) is 0 Å². The van der Waals surface area contributed by atoms with Gasteiger partial charge in [-0.05, 0) is 51.2 Å². The van der Waals surface area contributed by atoms with Crippen molar-refractivity contribution in [1.82, 2.24) is 0 Å². The standard InChI is InChI=1S/C8H10I2N2O2/c9-6-3(5(14)2-13)1-4(11)7(10)8(6)12/h1,5,13-14H,2,11-12H2. The molecule has 0 saturated carbocycles. The summed E-state index contributed by atoms with van der Waals surface area (Å²) in [6.45, 7) is -0.338. The minimum Gasteiger partial charge on any atom is -0.398 e. The highest BCUT2D eigenvalue weighted by Gasteiger charge is 2.16. The van der Waals surface area contributed by atoms with Crippen LogP contribution >= 0.6 is 45.2 Å². The van der Waals surface area contributed by atoms with Crippen molar-refractivity contribution >= 4 is 56.6 Å². The van der Waals surface area contributed by atoms with Crippen LogP contribution in [0.5, 0.6) is 0 Å². The van der Waals surface area contributed by atoms with Crippen LogP contribution in [0.2, 0.25) is 0 Å². The molecule has 1 aromatic rings. The summed E-state index contributed by atoms with van der Waals surface area (Å²) in [5, 5.41) is 18.3. The molecule has 6 N–H and O–H groups in total. The van der Waals surface area contributed by atoms with E-state index < -0.39 is 6.10 Å². The van der Waals surface area contributed by atoms with E-state index >= 15 is 0 Å². The Hall–Kier alpha value is 0.200. The fraction of sp³-hybridized carbons (Fsp3) is 0.250. The minimum absolute atomic E-state index is 0.338. The van der Waals surface area contributed by atoms with Gasteiger partial charge >= 0.3 is 0 Å². The normalized spacial score (nSPS) is 12.9. The highest BCUT2D eigenvalue weighted by molar-refractivity contribution is 14.1. The highest BCUT2D eigenvalue weighted by Crippen LogP contribution is 2.32. The van der Waals surface area contributed by atoms with Crippen LogP contribution < -0.4 is 11.5 Å². The van der Waals surface area contributed by atoms with Crippen molar-refractivity contribution in [3.63, 3.8) is 0 Å². The van der Waals surface area contributed by atoms with Gasteiger partial charge in [-0.3, -0.25) is 0 Å². The number of nitrogens with two attached hydrogens (primary N) is 2. The number of anilines is 2. The third kappa shape index (κ3) is 2.23. The number of nitrogen functional groups attached to an aromatic ring is 2. The number of halogens is 2. The van der Waals surface area contributed by atoms with E-state index in [1.807, 2.05) is 45.2 Å².